The monoisotopic (exact) mass is 527 g/mol. The van der Waals surface area contributed by atoms with E-state index in [1.165, 1.54) is 40.4 Å². The first-order valence-corrected chi connectivity index (χ1v) is 14.3. The smallest absolute Gasteiger partial charge is 0.0712 e. The molecule has 41 heavy (non-hydrogen) atoms. The van der Waals surface area contributed by atoms with Crippen LogP contribution in [0.1, 0.15) is 35.1 Å². The van der Waals surface area contributed by atoms with Gasteiger partial charge in [0.2, 0.25) is 0 Å². The summed E-state index contributed by atoms with van der Waals surface area (Å²) in [6.07, 6.45) is 4.73. The van der Waals surface area contributed by atoms with Gasteiger partial charge in [0, 0.05) is 38.9 Å². The second-order valence-corrected chi connectivity index (χ2v) is 11.0. The summed E-state index contributed by atoms with van der Waals surface area (Å²) in [5.74, 6) is 0.572. The van der Waals surface area contributed by atoms with Crippen LogP contribution < -0.4 is 5.32 Å². The number of benzene rings is 5. The zero-order valence-electron chi connectivity index (χ0n) is 22.6. The van der Waals surface area contributed by atoms with Gasteiger partial charge >= 0.3 is 0 Å². The Morgan fingerprint density at radius 1 is 0.659 bits per heavy atom. The SMILES string of the molecule is N=C(/C(=C1\NC(C2CC2)=Cc2ccccc21)c1ccccc1)c1ccc2c3ccccc3n(-c3ccccc3)c2c1. The van der Waals surface area contributed by atoms with Crippen molar-refractivity contribution in [2.75, 3.05) is 0 Å². The van der Waals surface area contributed by atoms with Gasteiger partial charge in [-0.3, -0.25) is 5.41 Å². The van der Waals surface area contributed by atoms with Crippen molar-refractivity contribution in [2.45, 2.75) is 12.8 Å². The summed E-state index contributed by atoms with van der Waals surface area (Å²) in [5, 5.41) is 16.0. The van der Waals surface area contributed by atoms with Gasteiger partial charge < -0.3 is 9.88 Å². The average molecular weight is 528 g/mol. The summed E-state index contributed by atoms with van der Waals surface area (Å²) in [4.78, 5) is 0. The molecule has 1 fully saturated rings. The summed E-state index contributed by atoms with van der Waals surface area (Å²) < 4.78 is 2.32. The second-order valence-electron chi connectivity index (χ2n) is 11.0. The maximum absolute atomic E-state index is 9.75. The molecule has 0 atom stereocenters. The Labute approximate surface area is 239 Å². The van der Waals surface area contributed by atoms with Crippen molar-refractivity contribution in [3.63, 3.8) is 0 Å². The number of nitrogens with zero attached hydrogens (tertiary/aromatic N) is 1. The van der Waals surface area contributed by atoms with E-state index < -0.39 is 0 Å². The fourth-order valence-corrected chi connectivity index (χ4v) is 6.22. The van der Waals surface area contributed by atoms with Crippen LogP contribution in [0.25, 0.3) is 44.8 Å². The van der Waals surface area contributed by atoms with E-state index in [4.69, 9.17) is 0 Å². The molecule has 1 aliphatic heterocycles. The maximum atomic E-state index is 9.75. The maximum Gasteiger partial charge on any atom is 0.0712 e. The molecule has 5 aromatic carbocycles. The average Bonchev–Trinajstić information content (AvgIpc) is 3.84. The number of aromatic nitrogens is 1. The minimum atomic E-state index is 0.511. The lowest BCUT2D eigenvalue weighted by Crippen LogP contribution is -2.22. The molecule has 0 radical (unpaired) electrons. The molecule has 2 heterocycles. The summed E-state index contributed by atoms with van der Waals surface area (Å²) in [7, 11) is 0. The van der Waals surface area contributed by atoms with Crippen molar-refractivity contribution in [3.8, 4) is 5.69 Å². The van der Waals surface area contributed by atoms with E-state index in [1.807, 2.05) is 6.07 Å². The van der Waals surface area contributed by atoms with Crippen LogP contribution in [-0.4, -0.2) is 10.3 Å². The highest BCUT2D eigenvalue weighted by Gasteiger charge is 2.31. The Bertz CT molecular complexity index is 2020. The molecule has 8 rings (SSSR count). The molecule has 0 bridgehead atoms. The van der Waals surface area contributed by atoms with Gasteiger partial charge in [0.1, 0.15) is 0 Å². The Morgan fingerprint density at radius 2 is 1.34 bits per heavy atom. The lowest BCUT2D eigenvalue weighted by atomic mass is 9.88. The van der Waals surface area contributed by atoms with E-state index in [2.05, 4.69) is 137 Å². The quantitative estimate of drug-likeness (QED) is 0.216. The van der Waals surface area contributed by atoms with Gasteiger partial charge in [-0.2, -0.15) is 0 Å². The number of fused-ring (bicyclic) bond motifs is 4. The molecule has 1 aliphatic carbocycles. The van der Waals surface area contributed by atoms with Gasteiger partial charge in [-0.25, -0.2) is 0 Å². The third-order valence-electron chi connectivity index (χ3n) is 8.37. The van der Waals surface area contributed by atoms with E-state index in [-0.39, 0.29) is 0 Å². The second kappa shape index (κ2) is 9.50. The molecule has 0 unspecified atom stereocenters. The summed E-state index contributed by atoms with van der Waals surface area (Å²) in [6, 6.07) is 44.5. The molecule has 0 saturated heterocycles. The highest BCUT2D eigenvalue weighted by atomic mass is 15.0. The highest BCUT2D eigenvalue weighted by molar-refractivity contribution is 6.36. The van der Waals surface area contributed by atoms with E-state index in [9.17, 15) is 5.41 Å². The predicted octanol–water partition coefficient (Wildman–Crippen LogP) is 9.07. The molecule has 3 heteroatoms. The predicted molar refractivity (Wildman–Crippen MR) is 171 cm³/mol. The Hall–Kier alpha value is -5.15. The van der Waals surface area contributed by atoms with Crippen molar-refractivity contribution in [3.05, 3.63) is 155 Å². The lowest BCUT2D eigenvalue weighted by molar-refractivity contribution is 0.898. The van der Waals surface area contributed by atoms with Crippen LogP contribution in [0.2, 0.25) is 0 Å². The highest BCUT2D eigenvalue weighted by Crippen LogP contribution is 2.42. The van der Waals surface area contributed by atoms with Gasteiger partial charge in [-0.05, 0) is 60.2 Å². The van der Waals surface area contributed by atoms with Gasteiger partial charge in [0.05, 0.1) is 22.4 Å². The number of hydrogen-bond donors (Lipinski definition) is 2. The Morgan fingerprint density at radius 3 is 2.15 bits per heavy atom. The summed E-state index contributed by atoms with van der Waals surface area (Å²) in [6.45, 7) is 0. The largest absolute Gasteiger partial charge is 0.358 e. The molecule has 196 valence electrons. The third-order valence-corrected chi connectivity index (χ3v) is 8.37. The van der Waals surface area contributed by atoms with Crippen LogP contribution >= 0.6 is 0 Å². The zero-order valence-corrected chi connectivity index (χ0v) is 22.6. The summed E-state index contributed by atoms with van der Waals surface area (Å²) >= 11 is 0. The van der Waals surface area contributed by atoms with Gasteiger partial charge in [0.15, 0.2) is 0 Å². The molecule has 1 saturated carbocycles. The van der Waals surface area contributed by atoms with Gasteiger partial charge in [-0.1, -0.05) is 103 Å². The molecule has 3 nitrogen and oxygen atoms in total. The minimum absolute atomic E-state index is 0.511. The van der Waals surface area contributed by atoms with Gasteiger partial charge in [-0.15, -0.1) is 0 Å². The van der Waals surface area contributed by atoms with Crippen LogP contribution in [0.4, 0.5) is 0 Å². The molecule has 2 aliphatic rings. The van der Waals surface area contributed by atoms with Crippen LogP contribution in [-0.2, 0) is 0 Å². The van der Waals surface area contributed by atoms with E-state index in [0.717, 1.165) is 39.2 Å². The van der Waals surface area contributed by atoms with Crippen LogP contribution in [0.5, 0.6) is 0 Å². The van der Waals surface area contributed by atoms with Crippen LogP contribution in [0.3, 0.4) is 0 Å². The first-order valence-electron chi connectivity index (χ1n) is 14.3. The number of allylic oxidation sites excluding steroid dienone is 2. The Kier molecular flexibility index (Phi) is 5.49. The minimum Gasteiger partial charge on any atom is -0.358 e. The molecule has 0 spiro atoms. The normalized spacial score (nSPS) is 15.8. The van der Waals surface area contributed by atoms with E-state index in [1.54, 1.807) is 0 Å². The lowest BCUT2D eigenvalue weighted by Gasteiger charge is -2.26. The van der Waals surface area contributed by atoms with E-state index in [0.29, 0.717) is 11.6 Å². The molecule has 6 aromatic rings. The summed E-state index contributed by atoms with van der Waals surface area (Å²) in [5.41, 5.74) is 11.4. The molecule has 2 N–H and O–H groups in total. The molecule has 0 amide bonds. The van der Waals surface area contributed by atoms with Gasteiger partial charge in [0.25, 0.3) is 0 Å². The third kappa shape index (κ3) is 4.01. The number of hydrogen-bond acceptors (Lipinski definition) is 2. The standard InChI is InChI=1S/C38H29N3/c39-37(28-21-22-32-31-17-9-10-18-34(31)41(35(32)24-28)29-14-5-2-6-15-29)36(26-11-3-1-4-12-26)38-30-16-8-7-13-27(30)23-33(40-38)25-19-20-25/h1-18,21-25,39-40H,19-20H2/b38-36-,39-37?. The number of nitrogens with one attached hydrogen (secondary N) is 2. The van der Waals surface area contributed by atoms with Crippen molar-refractivity contribution >= 4 is 44.9 Å². The van der Waals surface area contributed by atoms with Crippen molar-refractivity contribution < 1.29 is 0 Å². The number of para-hydroxylation sites is 2. The van der Waals surface area contributed by atoms with Crippen LogP contribution in [0.15, 0.2) is 133 Å². The molecule has 1 aromatic heterocycles. The van der Waals surface area contributed by atoms with Crippen molar-refractivity contribution in [2.24, 2.45) is 5.92 Å². The van der Waals surface area contributed by atoms with Crippen molar-refractivity contribution in [1.29, 1.82) is 5.41 Å². The number of rotatable bonds is 5. The fraction of sp³-hybridized carbons (Fsp3) is 0.0789. The molecular weight excluding hydrogens is 498 g/mol. The van der Waals surface area contributed by atoms with E-state index >= 15 is 0 Å². The topological polar surface area (TPSA) is 40.8 Å². The molecular formula is C38H29N3. The fourth-order valence-electron chi connectivity index (χ4n) is 6.22. The van der Waals surface area contributed by atoms with Crippen molar-refractivity contribution in [1.82, 2.24) is 9.88 Å². The first kappa shape index (κ1) is 23.7. The zero-order chi connectivity index (χ0) is 27.3. The Balaban J connectivity index is 1.36. The first-order chi connectivity index (χ1) is 20.3. The van der Waals surface area contributed by atoms with Crippen LogP contribution in [0, 0.1) is 11.3 Å².